The average molecular weight is 324 g/mol. The van der Waals surface area contributed by atoms with E-state index in [0.717, 1.165) is 54.9 Å². The summed E-state index contributed by atoms with van der Waals surface area (Å²) in [5, 5.41) is 7.96. The predicted octanol–water partition coefficient (Wildman–Crippen LogP) is 2.46. The van der Waals surface area contributed by atoms with Crippen LogP contribution >= 0.6 is 0 Å². The van der Waals surface area contributed by atoms with Crippen LogP contribution < -0.4 is 5.32 Å². The van der Waals surface area contributed by atoms with Gasteiger partial charge in [0.1, 0.15) is 0 Å². The SMILES string of the molecule is Cc1ccccc1-n1ncc(C(=O)N2C3CCNCC2CC3)c1C. The van der Waals surface area contributed by atoms with Crippen molar-refractivity contribution in [3.8, 4) is 5.69 Å². The number of carbonyl (C=O) groups is 1. The van der Waals surface area contributed by atoms with Gasteiger partial charge in [0.2, 0.25) is 0 Å². The van der Waals surface area contributed by atoms with Gasteiger partial charge in [-0.15, -0.1) is 0 Å². The highest BCUT2D eigenvalue weighted by atomic mass is 16.2. The van der Waals surface area contributed by atoms with E-state index in [1.165, 1.54) is 0 Å². The number of rotatable bonds is 2. The number of hydrogen-bond donors (Lipinski definition) is 1. The molecule has 2 aliphatic heterocycles. The molecular formula is C19H24N4O. The molecule has 1 aromatic carbocycles. The number of nitrogens with one attached hydrogen (secondary N) is 1. The van der Waals surface area contributed by atoms with Gasteiger partial charge in [-0.2, -0.15) is 5.10 Å². The second-order valence-electron chi connectivity index (χ2n) is 6.93. The fourth-order valence-corrected chi connectivity index (χ4v) is 4.12. The Kier molecular flexibility index (Phi) is 3.88. The molecule has 2 bridgehead atoms. The highest BCUT2D eigenvalue weighted by molar-refractivity contribution is 5.96. The lowest BCUT2D eigenvalue weighted by molar-refractivity contribution is 0.0679. The molecule has 2 atom stereocenters. The monoisotopic (exact) mass is 324 g/mol. The lowest BCUT2D eigenvalue weighted by Crippen LogP contribution is -2.42. The second-order valence-corrected chi connectivity index (χ2v) is 6.93. The molecule has 5 nitrogen and oxygen atoms in total. The molecule has 0 radical (unpaired) electrons. The molecule has 3 heterocycles. The first kappa shape index (κ1) is 15.4. The van der Waals surface area contributed by atoms with Crippen LogP contribution in [-0.4, -0.2) is 45.8 Å². The van der Waals surface area contributed by atoms with Gasteiger partial charge in [0.25, 0.3) is 5.91 Å². The van der Waals surface area contributed by atoms with Gasteiger partial charge >= 0.3 is 0 Å². The maximum absolute atomic E-state index is 13.2. The van der Waals surface area contributed by atoms with Gasteiger partial charge in [-0.05, 0) is 51.3 Å². The summed E-state index contributed by atoms with van der Waals surface area (Å²) >= 11 is 0. The molecule has 1 aromatic heterocycles. The first-order valence-corrected chi connectivity index (χ1v) is 8.81. The van der Waals surface area contributed by atoms with E-state index in [1.807, 2.05) is 29.8 Å². The molecule has 2 saturated heterocycles. The Labute approximate surface area is 142 Å². The van der Waals surface area contributed by atoms with Crippen molar-refractivity contribution in [3.05, 3.63) is 47.3 Å². The van der Waals surface area contributed by atoms with E-state index in [0.29, 0.717) is 12.1 Å². The first-order chi connectivity index (χ1) is 11.7. The molecule has 2 unspecified atom stereocenters. The minimum atomic E-state index is 0.142. The lowest BCUT2D eigenvalue weighted by Gasteiger charge is -2.27. The van der Waals surface area contributed by atoms with Crippen molar-refractivity contribution in [3.63, 3.8) is 0 Å². The molecule has 24 heavy (non-hydrogen) atoms. The number of para-hydroxylation sites is 1. The number of hydrogen-bond acceptors (Lipinski definition) is 3. The summed E-state index contributed by atoms with van der Waals surface area (Å²) in [4.78, 5) is 15.3. The van der Waals surface area contributed by atoms with E-state index in [1.54, 1.807) is 6.20 Å². The van der Waals surface area contributed by atoms with Crippen molar-refractivity contribution < 1.29 is 4.79 Å². The summed E-state index contributed by atoms with van der Waals surface area (Å²) in [6.07, 6.45) is 5.02. The fourth-order valence-electron chi connectivity index (χ4n) is 4.12. The van der Waals surface area contributed by atoms with Crippen LogP contribution in [0.3, 0.4) is 0 Å². The van der Waals surface area contributed by atoms with Crippen molar-refractivity contribution in [2.24, 2.45) is 0 Å². The predicted molar refractivity (Wildman–Crippen MR) is 93.5 cm³/mol. The second kappa shape index (κ2) is 6.06. The van der Waals surface area contributed by atoms with Crippen molar-refractivity contribution in [1.82, 2.24) is 20.0 Å². The number of benzene rings is 1. The molecule has 2 aliphatic rings. The quantitative estimate of drug-likeness (QED) is 0.923. The summed E-state index contributed by atoms with van der Waals surface area (Å²) in [6.45, 7) is 5.98. The Hall–Kier alpha value is -2.14. The molecule has 5 heteroatoms. The van der Waals surface area contributed by atoms with Gasteiger partial charge in [0, 0.05) is 18.6 Å². The Balaban J connectivity index is 1.68. The minimum Gasteiger partial charge on any atom is -0.331 e. The van der Waals surface area contributed by atoms with E-state index < -0.39 is 0 Å². The summed E-state index contributed by atoms with van der Waals surface area (Å²) in [6, 6.07) is 8.84. The molecule has 1 amide bonds. The smallest absolute Gasteiger partial charge is 0.257 e. The largest absolute Gasteiger partial charge is 0.331 e. The molecule has 2 aromatic rings. The van der Waals surface area contributed by atoms with Gasteiger partial charge in [0.15, 0.2) is 0 Å². The summed E-state index contributed by atoms with van der Waals surface area (Å²) < 4.78 is 1.89. The zero-order valence-corrected chi connectivity index (χ0v) is 14.3. The third-order valence-corrected chi connectivity index (χ3v) is 5.47. The van der Waals surface area contributed by atoms with E-state index in [9.17, 15) is 4.79 Å². The van der Waals surface area contributed by atoms with Crippen LogP contribution in [0.5, 0.6) is 0 Å². The molecule has 1 N–H and O–H groups in total. The van der Waals surface area contributed by atoms with Crippen molar-refractivity contribution in [2.75, 3.05) is 13.1 Å². The van der Waals surface area contributed by atoms with Gasteiger partial charge < -0.3 is 10.2 Å². The third-order valence-electron chi connectivity index (χ3n) is 5.47. The van der Waals surface area contributed by atoms with Gasteiger partial charge in [0.05, 0.1) is 23.1 Å². The average Bonchev–Trinajstić information content (AvgIpc) is 3.06. The minimum absolute atomic E-state index is 0.142. The molecular weight excluding hydrogens is 300 g/mol. The molecule has 2 fully saturated rings. The molecule has 4 rings (SSSR count). The normalized spacial score (nSPS) is 23.3. The fraction of sp³-hybridized carbons (Fsp3) is 0.474. The van der Waals surface area contributed by atoms with Gasteiger partial charge in [-0.25, -0.2) is 4.68 Å². The van der Waals surface area contributed by atoms with Gasteiger partial charge in [-0.3, -0.25) is 4.79 Å². The van der Waals surface area contributed by atoms with Crippen molar-refractivity contribution in [2.45, 2.75) is 45.2 Å². The molecule has 0 aliphatic carbocycles. The van der Waals surface area contributed by atoms with Crippen molar-refractivity contribution >= 4 is 5.91 Å². The summed E-state index contributed by atoms with van der Waals surface area (Å²) in [5.74, 6) is 0.142. The number of aryl methyl sites for hydroxylation is 1. The number of nitrogens with zero attached hydrogens (tertiary/aromatic N) is 3. The molecule has 0 spiro atoms. The van der Waals surface area contributed by atoms with E-state index in [2.05, 4.69) is 28.3 Å². The summed E-state index contributed by atoms with van der Waals surface area (Å²) in [5.41, 5.74) is 3.85. The standard InChI is InChI=1S/C19H24N4O/c1-13-5-3-4-6-18(13)23-14(2)17(12-21-23)19(24)22-15-7-8-16(22)11-20-10-9-15/h3-6,12,15-16,20H,7-11H2,1-2H3. The highest BCUT2D eigenvalue weighted by Gasteiger charge is 2.39. The molecule has 126 valence electrons. The highest BCUT2D eigenvalue weighted by Crippen LogP contribution is 2.30. The van der Waals surface area contributed by atoms with Crippen LogP contribution in [-0.2, 0) is 0 Å². The Morgan fingerprint density at radius 1 is 1.17 bits per heavy atom. The molecule has 0 saturated carbocycles. The van der Waals surface area contributed by atoms with Crippen LogP contribution in [0, 0.1) is 13.8 Å². The van der Waals surface area contributed by atoms with Crippen LogP contribution in [0.15, 0.2) is 30.5 Å². The van der Waals surface area contributed by atoms with Crippen LogP contribution in [0.2, 0.25) is 0 Å². The zero-order chi connectivity index (χ0) is 16.7. The lowest BCUT2D eigenvalue weighted by atomic mass is 10.1. The first-order valence-electron chi connectivity index (χ1n) is 8.81. The third kappa shape index (κ3) is 2.44. The van der Waals surface area contributed by atoms with Crippen molar-refractivity contribution in [1.29, 1.82) is 0 Å². The van der Waals surface area contributed by atoms with Crippen LogP contribution in [0.1, 0.15) is 40.9 Å². The van der Waals surface area contributed by atoms with E-state index in [-0.39, 0.29) is 5.91 Å². The Bertz CT molecular complexity index is 752. The maximum Gasteiger partial charge on any atom is 0.257 e. The Morgan fingerprint density at radius 2 is 1.96 bits per heavy atom. The van der Waals surface area contributed by atoms with Gasteiger partial charge in [-0.1, -0.05) is 18.2 Å². The van der Waals surface area contributed by atoms with E-state index in [4.69, 9.17) is 0 Å². The van der Waals surface area contributed by atoms with Crippen LogP contribution in [0.4, 0.5) is 0 Å². The summed E-state index contributed by atoms with van der Waals surface area (Å²) in [7, 11) is 0. The topological polar surface area (TPSA) is 50.2 Å². The number of aromatic nitrogens is 2. The number of fused-ring (bicyclic) bond motifs is 2. The van der Waals surface area contributed by atoms with Crippen LogP contribution in [0.25, 0.3) is 5.69 Å². The Morgan fingerprint density at radius 3 is 2.79 bits per heavy atom. The maximum atomic E-state index is 13.2. The van der Waals surface area contributed by atoms with E-state index >= 15 is 0 Å². The zero-order valence-electron chi connectivity index (χ0n) is 14.3. The number of amides is 1. The number of carbonyl (C=O) groups excluding carboxylic acids is 1.